The summed E-state index contributed by atoms with van der Waals surface area (Å²) in [5.74, 6) is -0.0935. The predicted octanol–water partition coefficient (Wildman–Crippen LogP) is 1.42. The summed E-state index contributed by atoms with van der Waals surface area (Å²) in [6, 6.07) is 11.9. The average Bonchev–Trinajstić information content (AvgIpc) is 2.77. The van der Waals surface area contributed by atoms with E-state index in [-0.39, 0.29) is 11.7 Å². The van der Waals surface area contributed by atoms with Gasteiger partial charge >= 0.3 is 0 Å². The van der Waals surface area contributed by atoms with E-state index in [2.05, 4.69) is 5.32 Å². The van der Waals surface area contributed by atoms with Crippen LogP contribution < -0.4 is 15.8 Å². The number of nitrogens with two attached hydrogens (primary N) is 1. The van der Waals surface area contributed by atoms with Crippen LogP contribution in [0, 0.1) is 5.41 Å². The molecule has 2 atom stereocenters. The zero-order valence-corrected chi connectivity index (χ0v) is 18.1. The molecule has 2 aromatic rings. The summed E-state index contributed by atoms with van der Waals surface area (Å²) in [7, 11) is 1.55. The summed E-state index contributed by atoms with van der Waals surface area (Å²) in [5, 5.41) is 21.7. The van der Waals surface area contributed by atoms with E-state index in [1.807, 2.05) is 12.1 Å². The van der Waals surface area contributed by atoms with E-state index in [0.29, 0.717) is 49.2 Å². The highest BCUT2D eigenvalue weighted by Gasteiger charge is 2.49. The number of nitrogens with one attached hydrogen (secondary N) is 2. The van der Waals surface area contributed by atoms with Crippen molar-refractivity contribution in [3.63, 3.8) is 0 Å². The molecule has 2 unspecified atom stereocenters. The van der Waals surface area contributed by atoms with Crippen molar-refractivity contribution >= 4 is 17.6 Å². The second kappa shape index (κ2) is 8.63. The van der Waals surface area contributed by atoms with Crippen LogP contribution >= 0.6 is 0 Å². The molecule has 2 aromatic carbocycles. The summed E-state index contributed by atoms with van der Waals surface area (Å²) in [6.45, 7) is 0.742. The molecule has 1 saturated heterocycles. The second-order valence-corrected chi connectivity index (χ2v) is 8.37. The lowest BCUT2D eigenvalue weighted by Crippen LogP contribution is -2.62. The minimum Gasteiger partial charge on any atom is -0.497 e. The van der Waals surface area contributed by atoms with Crippen molar-refractivity contribution in [2.75, 3.05) is 13.7 Å². The van der Waals surface area contributed by atoms with E-state index in [1.165, 1.54) is 4.90 Å². The van der Waals surface area contributed by atoms with Gasteiger partial charge in [-0.3, -0.25) is 15.0 Å². The molecule has 32 heavy (non-hydrogen) atoms. The number of amides is 2. The number of hydrogen-bond acceptors (Lipinski definition) is 5. The van der Waals surface area contributed by atoms with Gasteiger partial charge in [-0.2, -0.15) is 0 Å². The Morgan fingerprint density at radius 3 is 2.66 bits per heavy atom. The van der Waals surface area contributed by atoms with E-state index in [4.69, 9.17) is 15.9 Å². The minimum absolute atomic E-state index is 0.0101. The molecule has 0 spiro atoms. The van der Waals surface area contributed by atoms with Crippen LogP contribution in [0.5, 0.6) is 5.75 Å². The van der Waals surface area contributed by atoms with Crippen molar-refractivity contribution in [1.82, 2.24) is 10.2 Å². The fourth-order valence-electron chi connectivity index (χ4n) is 4.43. The fourth-order valence-corrected chi connectivity index (χ4v) is 4.43. The lowest BCUT2D eigenvalue weighted by molar-refractivity contribution is -0.166. The Kier molecular flexibility index (Phi) is 5.88. The number of carbonyl (C=O) groups excluding carboxylic acids is 2. The van der Waals surface area contributed by atoms with E-state index in [1.54, 1.807) is 37.4 Å². The van der Waals surface area contributed by atoms with Gasteiger partial charge in [0.15, 0.2) is 5.60 Å². The molecule has 1 aliphatic heterocycles. The Bertz CT molecular complexity index is 1050. The van der Waals surface area contributed by atoms with Gasteiger partial charge in [0.1, 0.15) is 17.6 Å². The summed E-state index contributed by atoms with van der Waals surface area (Å²) in [4.78, 5) is 27.6. The van der Waals surface area contributed by atoms with Crippen molar-refractivity contribution in [3.8, 4) is 5.75 Å². The van der Waals surface area contributed by atoms with Gasteiger partial charge in [-0.25, -0.2) is 0 Å². The van der Waals surface area contributed by atoms with Gasteiger partial charge in [-0.1, -0.05) is 30.3 Å². The number of likely N-dealkylation sites (tertiary alicyclic amines) is 1. The first-order valence-corrected chi connectivity index (χ1v) is 10.8. The lowest BCUT2D eigenvalue weighted by atomic mass is 9.77. The Morgan fingerprint density at radius 1 is 1.28 bits per heavy atom. The molecule has 1 aliphatic carbocycles. The van der Waals surface area contributed by atoms with Crippen LogP contribution in [0.4, 0.5) is 0 Å². The molecule has 8 heteroatoms. The van der Waals surface area contributed by atoms with E-state index in [0.717, 1.165) is 17.5 Å². The van der Waals surface area contributed by atoms with Crippen LogP contribution in [-0.4, -0.2) is 47.4 Å². The van der Waals surface area contributed by atoms with Crippen molar-refractivity contribution in [2.45, 2.75) is 43.9 Å². The molecule has 168 valence electrons. The molecule has 2 aliphatic rings. The highest BCUT2D eigenvalue weighted by molar-refractivity contribution is 5.95. The van der Waals surface area contributed by atoms with Crippen LogP contribution in [0.2, 0.25) is 0 Å². The predicted molar refractivity (Wildman–Crippen MR) is 119 cm³/mol. The highest BCUT2D eigenvalue weighted by atomic mass is 16.5. The van der Waals surface area contributed by atoms with E-state index < -0.39 is 17.6 Å². The van der Waals surface area contributed by atoms with Crippen molar-refractivity contribution in [1.29, 1.82) is 5.41 Å². The SMILES string of the molecule is COc1ccc2c(c1)C(O)(C(=O)N1CCC1C(=O)NCc1ccc(C(=N)N)cc1)CCC2. The van der Waals surface area contributed by atoms with Gasteiger partial charge in [-0.15, -0.1) is 0 Å². The third-order valence-electron chi connectivity index (χ3n) is 6.42. The fraction of sp³-hybridized carbons (Fsp3) is 0.375. The van der Waals surface area contributed by atoms with Gasteiger partial charge in [0.25, 0.3) is 5.91 Å². The van der Waals surface area contributed by atoms with E-state index in [9.17, 15) is 14.7 Å². The first-order valence-electron chi connectivity index (χ1n) is 10.8. The number of benzene rings is 2. The zero-order valence-electron chi connectivity index (χ0n) is 18.1. The number of aliphatic hydroxyl groups is 1. The van der Waals surface area contributed by atoms with Gasteiger partial charge < -0.3 is 25.8 Å². The second-order valence-electron chi connectivity index (χ2n) is 8.37. The first kappa shape index (κ1) is 21.8. The lowest BCUT2D eigenvalue weighted by Gasteiger charge is -2.45. The molecule has 2 amide bonds. The normalized spacial score (nSPS) is 21.8. The molecule has 5 N–H and O–H groups in total. The number of amidine groups is 1. The average molecular weight is 437 g/mol. The molecular formula is C24H28N4O4. The number of methoxy groups -OCH3 is 1. The van der Waals surface area contributed by atoms with Crippen molar-refractivity contribution in [2.24, 2.45) is 5.73 Å². The van der Waals surface area contributed by atoms with E-state index >= 15 is 0 Å². The topological polar surface area (TPSA) is 129 Å². The number of hydrogen-bond donors (Lipinski definition) is 4. The minimum atomic E-state index is -1.65. The molecule has 4 rings (SSSR count). The van der Waals surface area contributed by atoms with Crippen LogP contribution in [0.15, 0.2) is 42.5 Å². The van der Waals surface area contributed by atoms with Gasteiger partial charge in [0.2, 0.25) is 5.91 Å². The molecule has 1 heterocycles. The number of rotatable bonds is 6. The number of aryl methyl sites for hydroxylation is 1. The molecule has 0 saturated carbocycles. The Morgan fingerprint density at radius 2 is 2.03 bits per heavy atom. The van der Waals surface area contributed by atoms with Crippen molar-refractivity contribution in [3.05, 3.63) is 64.7 Å². The third kappa shape index (κ3) is 3.93. The van der Waals surface area contributed by atoms with Crippen LogP contribution in [0.3, 0.4) is 0 Å². The van der Waals surface area contributed by atoms with Crippen LogP contribution in [0.1, 0.15) is 41.5 Å². The largest absolute Gasteiger partial charge is 0.497 e. The zero-order chi connectivity index (χ0) is 22.9. The third-order valence-corrected chi connectivity index (χ3v) is 6.42. The monoisotopic (exact) mass is 436 g/mol. The number of fused-ring (bicyclic) bond motifs is 1. The number of carbonyl (C=O) groups is 2. The maximum Gasteiger partial charge on any atom is 0.259 e. The van der Waals surface area contributed by atoms with Crippen molar-refractivity contribution < 1.29 is 19.4 Å². The summed E-state index contributed by atoms with van der Waals surface area (Å²) in [5.41, 5.74) is 6.81. The summed E-state index contributed by atoms with van der Waals surface area (Å²) >= 11 is 0. The first-order chi connectivity index (χ1) is 15.3. The Labute approximate surface area is 186 Å². The smallest absolute Gasteiger partial charge is 0.259 e. The summed E-state index contributed by atoms with van der Waals surface area (Å²) in [6.07, 6.45) is 2.37. The Balaban J connectivity index is 1.44. The maximum absolute atomic E-state index is 13.4. The number of ether oxygens (including phenoxy) is 1. The van der Waals surface area contributed by atoms with Gasteiger partial charge in [0.05, 0.1) is 7.11 Å². The quantitative estimate of drug-likeness (QED) is 0.402. The number of nitrogen functional groups attached to an aromatic ring is 1. The molecule has 1 fully saturated rings. The molecule has 0 aromatic heterocycles. The number of nitrogens with zero attached hydrogens (tertiary/aromatic N) is 1. The molecular weight excluding hydrogens is 408 g/mol. The molecule has 0 radical (unpaired) electrons. The van der Waals surface area contributed by atoms with Gasteiger partial charge in [-0.05, 0) is 54.5 Å². The van der Waals surface area contributed by atoms with Crippen LogP contribution in [0.25, 0.3) is 0 Å². The standard InChI is InChI=1S/C24H28N4O4/c1-32-18-9-8-16-3-2-11-24(31,19(16)13-18)23(30)28-12-10-20(28)22(29)27-14-15-4-6-17(7-5-15)21(25)26/h4-9,13,20,31H,2-3,10-12,14H2,1H3,(H3,25,26)(H,27,29). The molecule has 8 nitrogen and oxygen atoms in total. The Hall–Kier alpha value is -3.39. The maximum atomic E-state index is 13.4. The summed E-state index contributed by atoms with van der Waals surface area (Å²) < 4.78 is 5.29. The molecule has 0 bridgehead atoms. The highest BCUT2D eigenvalue weighted by Crippen LogP contribution is 2.40. The van der Waals surface area contributed by atoms with Gasteiger partial charge in [0, 0.05) is 18.7 Å². The van der Waals surface area contributed by atoms with Crippen LogP contribution in [-0.2, 0) is 28.2 Å².